The molecule has 3 aromatic rings. The van der Waals surface area contributed by atoms with Crippen molar-refractivity contribution in [2.75, 3.05) is 38.5 Å². The van der Waals surface area contributed by atoms with Gasteiger partial charge in [0.1, 0.15) is 0 Å². The highest BCUT2D eigenvalue weighted by atomic mass is 19.4. The molecule has 1 N–H and O–H groups in total. The van der Waals surface area contributed by atoms with Gasteiger partial charge in [0.25, 0.3) is 0 Å². The van der Waals surface area contributed by atoms with Crippen molar-refractivity contribution in [2.24, 2.45) is 0 Å². The van der Waals surface area contributed by atoms with E-state index in [1.165, 1.54) is 31.1 Å². The first-order valence-corrected chi connectivity index (χ1v) is 15.0. The van der Waals surface area contributed by atoms with Crippen LogP contribution in [0.15, 0.2) is 72.9 Å². The number of carbonyl (C=O) groups excluding carboxylic acids is 1. The molecule has 43 heavy (non-hydrogen) atoms. The summed E-state index contributed by atoms with van der Waals surface area (Å²) in [5, 5.41) is 3.39. The van der Waals surface area contributed by atoms with Crippen LogP contribution < -0.4 is 5.32 Å². The largest absolute Gasteiger partial charge is 0.416 e. The number of piperidine rings is 2. The van der Waals surface area contributed by atoms with Crippen molar-refractivity contribution in [1.29, 1.82) is 0 Å². The van der Waals surface area contributed by atoms with Crippen molar-refractivity contribution in [1.82, 2.24) is 19.7 Å². The van der Waals surface area contributed by atoms with Gasteiger partial charge in [-0.05, 0) is 106 Å². The molecule has 6 nitrogen and oxygen atoms in total. The summed E-state index contributed by atoms with van der Waals surface area (Å²) in [6.07, 6.45) is 4.63. The Kier molecular flexibility index (Phi) is 9.82. The zero-order valence-corrected chi connectivity index (χ0v) is 24.9. The maximum absolute atomic E-state index is 13.6. The minimum Gasteiger partial charge on any atom is -0.355 e. The molecular formula is C34H40F3N5O. The van der Waals surface area contributed by atoms with Crippen molar-refractivity contribution < 1.29 is 18.0 Å². The number of pyridine rings is 1. The molecule has 0 saturated carbocycles. The summed E-state index contributed by atoms with van der Waals surface area (Å²) in [4.78, 5) is 24.8. The van der Waals surface area contributed by atoms with Gasteiger partial charge >= 0.3 is 6.18 Å². The van der Waals surface area contributed by atoms with E-state index in [-0.39, 0.29) is 11.9 Å². The van der Waals surface area contributed by atoms with Crippen LogP contribution in [-0.4, -0.2) is 70.9 Å². The lowest BCUT2D eigenvalue weighted by atomic mass is 9.96. The topological polar surface area (TPSA) is 51.7 Å². The number of nitrogens with zero attached hydrogens (tertiary/aromatic N) is 4. The number of hydrogen-bond donors (Lipinski definition) is 1. The fraction of sp³-hybridized carbons (Fsp3) is 0.412. The molecule has 0 aliphatic carbocycles. The molecule has 2 aliphatic heterocycles. The molecule has 3 heterocycles. The molecule has 5 rings (SSSR count). The summed E-state index contributed by atoms with van der Waals surface area (Å²) in [7, 11) is 2.17. The Morgan fingerprint density at radius 1 is 0.953 bits per heavy atom. The minimum absolute atomic E-state index is 0.0878. The van der Waals surface area contributed by atoms with Crippen LogP contribution in [-0.2, 0) is 17.5 Å². The number of alkyl halides is 3. The Bertz CT molecular complexity index is 1370. The third-order valence-electron chi connectivity index (χ3n) is 8.58. The first-order valence-electron chi connectivity index (χ1n) is 15.0. The van der Waals surface area contributed by atoms with Gasteiger partial charge in [0.15, 0.2) is 0 Å². The van der Waals surface area contributed by atoms with Gasteiger partial charge in [-0.1, -0.05) is 24.3 Å². The Morgan fingerprint density at radius 3 is 2.26 bits per heavy atom. The van der Waals surface area contributed by atoms with Crippen LogP contribution in [0, 0.1) is 6.92 Å². The average Bonchev–Trinajstić information content (AvgIpc) is 3.00. The SMILES string of the molecule is Cc1cc(Nc2ccc(CN(C(=O)/C=C/c3ccc(C(F)(F)F)cc3)C3CCN(C4CCN(C)CC4)CC3)cc2)ccn1. The normalized spacial score (nSPS) is 17.8. The van der Waals surface area contributed by atoms with Crippen LogP contribution in [0.4, 0.5) is 24.5 Å². The van der Waals surface area contributed by atoms with Crippen molar-refractivity contribution in [3.63, 3.8) is 0 Å². The molecule has 1 aromatic heterocycles. The van der Waals surface area contributed by atoms with E-state index in [0.717, 1.165) is 73.8 Å². The highest BCUT2D eigenvalue weighted by Gasteiger charge is 2.32. The minimum atomic E-state index is -4.39. The molecule has 2 aromatic carbocycles. The molecule has 0 bridgehead atoms. The monoisotopic (exact) mass is 591 g/mol. The molecule has 2 saturated heterocycles. The second-order valence-electron chi connectivity index (χ2n) is 11.7. The standard InChI is InChI=1S/C34H40F3N5O/c1-25-23-30(13-18-38-25)39-29-10-5-27(6-11-29)24-42(32-16-21-41(22-17-32)31-14-19-40(2)20-15-31)33(43)12-7-26-3-8-28(9-4-26)34(35,36)37/h3-13,18,23,31-32H,14-17,19-22,24H2,1-2H3,(H,38,39)/b12-7+. The molecule has 0 spiro atoms. The first kappa shape index (κ1) is 30.8. The maximum Gasteiger partial charge on any atom is 0.416 e. The van der Waals surface area contributed by atoms with E-state index in [1.807, 2.05) is 48.2 Å². The molecule has 2 aliphatic rings. The van der Waals surface area contributed by atoms with Gasteiger partial charge in [-0.3, -0.25) is 9.78 Å². The lowest BCUT2D eigenvalue weighted by molar-refractivity contribution is -0.137. The van der Waals surface area contributed by atoms with E-state index in [2.05, 4.69) is 27.1 Å². The van der Waals surface area contributed by atoms with Gasteiger partial charge in [0, 0.05) is 61.1 Å². The Hall–Kier alpha value is -3.69. The highest BCUT2D eigenvalue weighted by Crippen LogP contribution is 2.29. The number of carbonyl (C=O) groups is 1. The summed E-state index contributed by atoms with van der Waals surface area (Å²) >= 11 is 0. The molecule has 0 radical (unpaired) electrons. The summed E-state index contributed by atoms with van der Waals surface area (Å²) in [6, 6.07) is 17.6. The first-order chi connectivity index (χ1) is 20.6. The highest BCUT2D eigenvalue weighted by molar-refractivity contribution is 5.92. The number of amides is 1. The van der Waals surface area contributed by atoms with Gasteiger partial charge in [-0.15, -0.1) is 0 Å². The predicted molar refractivity (Wildman–Crippen MR) is 165 cm³/mol. The van der Waals surface area contributed by atoms with Crippen LogP contribution in [0.5, 0.6) is 0 Å². The maximum atomic E-state index is 13.6. The second kappa shape index (κ2) is 13.7. The second-order valence-corrected chi connectivity index (χ2v) is 11.7. The number of benzene rings is 2. The van der Waals surface area contributed by atoms with Gasteiger partial charge in [-0.25, -0.2) is 0 Å². The number of rotatable bonds is 8. The van der Waals surface area contributed by atoms with Crippen molar-refractivity contribution in [2.45, 2.75) is 57.4 Å². The Labute approximate surface area is 252 Å². The third-order valence-corrected chi connectivity index (χ3v) is 8.58. The fourth-order valence-corrected chi connectivity index (χ4v) is 6.04. The molecule has 0 unspecified atom stereocenters. The van der Waals surface area contributed by atoms with E-state index in [4.69, 9.17) is 0 Å². The smallest absolute Gasteiger partial charge is 0.355 e. The number of hydrogen-bond acceptors (Lipinski definition) is 5. The quantitative estimate of drug-likeness (QED) is 0.294. The number of aromatic nitrogens is 1. The van der Waals surface area contributed by atoms with E-state index < -0.39 is 11.7 Å². The summed E-state index contributed by atoms with van der Waals surface area (Å²) in [5.74, 6) is -0.132. The predicted octanol–water partition coefficient (Wildman–Crippen LogP) is 6.75. The number of likely N-dealkylation sites (tertiary alicyclic amines) is 2. The third kappa shape index (κ3) is 8.45. The van der Waals surface area contributed by atoms with E-state index in [9.17, 15) is 18.0 Å². The molecule has 1 amide bonds. The number of halogens is 3. The van der Waals surface area contributed by atoms with E-state index >= 15 is 0 Å². The van der Waals surface area contributed by atoms with Crippen molar-refractivity contribution in [3.05, 3.63) is 95.3 Å². The van der Waals surface area contributed by atoms with Crippen LogP contribution in [0.1, 0.15) is 48.1 Å². The van der Waals surface area contributed by atoms with E-state index in [1.54, 1.807) is 12.3 Å². The number of anilines is 2. The van der Waals surface area contributed by atoms with E-state index in [0.29, 0.717) is 18.2 Å². The molecule has 9 heteroatoms. The Morgan fingerprint density at radius 2 is 1.63 bits per heavy atom. The Balaban J connectivity index is 1.28. The summed E-state index contributed by atoms with van der Waals surface area (Å²) in [6.45, 7) is 6.57. The fourth-order valence-electron chi connectivity index (χ4n) is 6.04. The van der Waals surface area contributed by atoms with Gasteiger partial charge in [-0.2, -0.15) is 13.2 Å². The van der Waals surface area contributed by atoms with Crippen LogP contribution >= 0.6 is 0 Å². The molecule has 228 valence electrons. The molecule has 2 fully saturated rings. The number of nitrogens with one attached hydrogen (secondary N) is 1. The zero-order chi connectivity index (χ0) is 30.4. The molecule has 0 atom stereocenters. The van der Waals surface area contributed by atoms with Gasteiger partial charge in [0.2, 0.25) is 5.91 Å². The van der Waals surface area contributed by atoms with Gasteiger partial charge in [0.05, 0.1) is 5.56 Å². The summed E-state index contributed by atoms with van der Waals surface area (Å²) in [5.41, 5.74) is 3.71. The van der Waals surface area contributed by atoms with Crippen LogP contribution in [0.25, 0.3) is 6.08 Å². The van der Waals surface area contributed by atoms with Crippen LogP contribution in [0.2, 0.25) is 0 Å². The van der Waals surface area contributed by atoms with Crippen molar-refractivity contribution in [3.8, 4) is 0 Å². The lowest BCUT2D eigenvalue weighted by Gasteiger charge is -2.43. The van der Waals surface area contributed by atoms with Crippen LogP contribution in [0.3, 0.4) is 0 Å². The van der Waals surface area contributed by atoms with Crippen molar-refractivity contribution >= 4 is 23.4 Å². The average molecular weight is 592 g/mol. The summed E-state index contributed by atoms with van der Waals surface area (Å²) < 4.78 is 38.9. The zero-order valence-electron chi connectivity index (χ0n) is 24.9. The lowest BCUT2D eigenvalue weighted by Crippen LogP contribution is -2.51. The van der Waals surface area contributed by atoms with Gasteiger partial charge < -0.3 is 20.0 Å². The molecular weight excluding hydrogens is 551 g/mol. The number of aryl methyl sites for hydroxylation is 1.